The molecular formula is C4H7N2O. The van der Waals surface area contributed by atoms with Crippen molar-refractivity contribution >= 4 is 5.91 Å². The standard InChI is InChI=1S/C4H7NO.N/c6-4-2-1-3-5-4;/h1-3H2,(H,5,6);. The normalized spacial score (nSPS) is 18.0. The van der Waals surface area contributed by atoms with E-state index in [1.165, 1.54) is 0 Å². The van der Waals surface area contributed by atoms with Crippen molar-refractivity contribution in [2.24, 2.45) is 0 Å². The van der Waals surface area contributed by atoms with E-state index in [-0.39, 0.29) is 12.1 Å². The van der Waals surface area contributed by atoms with E-state index in [4.69, 9.17) is 0 Å². The average Bonchev–Trinajstić information content (AvgIpc) is 1.86. The molecule has 1 N–H and O–H groups in total. The smallest absolute Gasteiger partial charge is 0.220 e. The van der Waals surface area contributed by atoms with Crippen LogP contribution >= 0.6 is 0 Å². The summed E-state index contributed by atoms with van der Waals surface area (Å²) in [6.07, 6.45) is 1.76. The predicted molar refractivity (Wildman–Crippen MR) is 24.4 cm³/mol. The van der Waals surface area contributed by atoms with Crippen LogP contribution in [-0.4, -0.2) is 12.5 Å². The third-order valence-corrected chi connectivity index (χ3v) is 0.903. The first-order valence-electron chi connectivity index (χ1n) is 2.16. The lowest BCUT2D eigenvalue weighted by Crippen LogP contribution is -2.12. The Bertz CT molecular complexity index is 64.1. The van der Waals surface area contributed by atoms with Crippen LogP contribution in [0.25, 0.3) is 0 Å². The van der Waals surface area contributed by atoms with Crippen LogP contribution in [0.2, 0.25) is 0 Å². The number of amides is 1. The van der Waals surface area contributed by atoms with E-state index >= 15 is 0 Å². The molecule has 1 aliphatic heterocycles. The van der Waals surface area contributed by atoms with Gasteiger partial charge in [-0.25, -0.2) is 0 Å². The molecular weight excluding hydrogens is 92.1 g/mol. The number of hydrogen-bond donors (Lipinski definition) is 1. The van der Waals surface area contributed by atoms with Crippen molar-refractivity contribution in [3.05, 3.63) is 0 Å². The molecule has 1 heterocycles. The second-order valence-electron chi connectivity index (χ2n) is 1.45. The molecule has 1 rings (SSSR count). The molecule has 0 atom stereocenters. The summed E-state index contributed by atoms with van der Waals surface area (Å²) in [6.45, 7) is 0.888. The molecule has 1 amide bonds. The summed E-state index contributed by atoms with van der Waals surface area (Å²) >= 11 is 0. The van der Waals surface area contributed by atoms with Crippen LogP contribution < -0.4 is 11.5 Å². The van der Waals surface area contributed by atoms with Crippen LogP contribution in [0, 0.1) is 0 Å². The number of carbonyl (C=O) groups excluding carboxylic acids is 1. The molecule has 0 aromatic carbocycles. The van der Waals surface area contributed by atoms with E-state index in [1.807, 2.05) is 0 Å². The third-order valence-electron chi connectivity index (χ3n) is 0.903. The van der Waals surface area contributed by atoms with Gasteiger partial charge in [0.1, 0.15) is 0 Å². The number of carbonyl (C=O) groups is 1. The molecule has 0 bridgehead atoms. The van der Waals surface area contributed by atoms with E-state index < -0.39 is 0 Å². The summed E-state index contributed by atoms with van der Waals surface area (Å²) in [5.41, 5.74) is 0. The fourth-order valence-corrected chi connectivity index (χ4v) is 0.565. The fraction of sp³-hybridized carbons (Fsp3) is 0.750. The molecule has 0 aliphatic carbocycles. The highest BCUT2D eigenvalue weighted by Gasteiger charge is 2.05. The van der Waals surface area contributed by atoms with E-state index in [0.29, 0.717) is 0 Å². The van der Waals surface area contributed by atoms with Crippen LogP contribution in [-0.2, 0) is 4.79 Å². The molecule has 1 saturated heterocycles. The average molecular weight is 99.1 g/mol. The minimum atomic E-state index is 0. The largest absolute Gasteiger partial charge is 0.356 e. The molecule has 0 saturated carbocycles. The summed E-state index contributed by atoms with van der Waals surface area (Å²) in [4.78, 5) is 10.1. The Labute approximate surface area is 42.7 Å². The number of rotatable bonds is 0. The van der Waals surface area contributed by atoms with Crippen LogP contribution in [0.15, 0.2) is 0 Å². The maximum Gasteiger partial charge on any atom is 0.220 e. The Balaban J connectivity index is 0.000000360. The molecule has 0 aromatic heterocycles. The van der Waals surface area contributed by atoms with E-state index in [0.717, 1.165) is 19.4 Å². The van der Waals surface area contributed by atoms with Gasteiger partial charge in [-0.15, -0.1) is 0 Å². The topological polar surface area (TPSA) is 59.6 Å². The molecule has 3 heteroatoms. The molecule has 3 radical (unpaired) electrons. The number of hydrogen-bond acceptors (Lipinski definition) is 1. The zero-order chi connectivity index (χ0) is 4.41. The van der Waals surface area contributed by atoms with Gasteiger partial charge in [0.15, 0.2) is 0 Å². The van der Waals surface area contributed by atoms with Crippen LogP contribution in [0.1, 0.15) is 12.8 Å². The van der Waals surface area contributed by atoms with Gasteiger partial charge < -0.3 is 5.32 Å². The Morgan fingerprint density at radius 2 is 2.29 bits per heavy atom. The van der Waals surface area contributed by atoms with Crippen LogP contribution in [0.4, 0.5) is 0 Å². The number of nitrogens with one attached hydrogen (secondary N) is 1. The van der Waals surface area contributed by atoms with Gasteiger partial charge in [-0.3, -0.25) is 4.79 Å². The minimum Gasteiger partial charge on any atom is -0.356 e. The monoisotopic (exact) mass is 99.1 g/mol. The van der Waals surface area contributed by atoms with Crippen LogP contribution in [0.3, 0.4) is 0 Å². The first kappa shape index (κ1) is 6.43. The molecule has 1 aliphatic rings. The maximum absolute atomic E-state index is 10.1. The minimum absolute atomic E-state index is 0. The molecule has 0 unspecified atom stereocenters. The van der Waals surface area contributed by atoms with Gasteiger partial charge in [0.25, 0.3) is 0 Å². The third kappa shape index (κ3) is 1.55. The van der Waals surface area contributed by atoms with E-state index in [9.17, 15) is 4.79 Å². The molecule has 39 valence electrons. The Hall–Kier alpha value is -0.570. The highest BCUT2D eigenvalue weighted by atomic mass is 16.1. The lowest BCUT2D eigenvalue weighted by atomic mass is 10.4. The molecule has 1 fully saturated rings. The highest BCUT2D eigenvalue weighted by Crippen LogP contribution is 1.93. The van der Waals surface area contributed by atoms with Gasteiger partial charge in [0, 0.05) is 19.1 Å². The molecule has 3 nitrogen and oxygen atoms in total. The predicted octanol–water partition coefficient (Wildman–Crippen LogP) is -0.584. The Morgan fingerprint density at radius 1 is 1.57 bits per heavy atom. The summed E-state index contributed by atoms with van der Waals surface area (Å²) in [5.74, 6) is 0.204. The first-order valence-corrected chi connectivity index (χ1v) is 2.16. The highest BCUT2D eigenvalue weighted by molar-refractivity contribution is 5.77. The summed E-state index contributed by atoms with van der Waals surface area (Å²) in [5, 5.41) is 2.68. The van der Waals surface area contributed by atoms with Crippen molar-refractivity contribution in [2.45, 2.75) is 12.8 Å². The van der Waals surface area contributed by atoms with Crippen molar-refractivity contribution < 1.29 is 4.79 Å². The first-order chi connectivity index (χ1) is 2.89. The van der Waals surface area contributed by atoms with Crippen molar-refractivity contribution in [1.29, 1.82) is 0 Å². The van der Waals surface area contributed by atoms with Crippen LogP contribution in [0.5, 0.6) is 0 Å². The van der Waals surface area contributed by atoms with Gasteiger partial charge in [-0.2, -0.15) is 0 Å². The molecule has 0 spiro atoms. The van der Waals surface area contributed by atoms with Crippen molar-refractivity contribution in [3.63, 3.8) is 0 Å². The zero-order valence-corrected chi connectivity index (χ0v) is 3.98. The van der Waals surface area contributed by atoms with Gasteiger partial charge >= 0.3 is 0 Å². The second-order valence-corrected chi connectivity index (χ2v) is 1.45. The lowest BCUT2D eigenvalue weighted by Gasteiger charge is -1.80. The van der Waals surface area contributed by atoms with Gasteiger partial charge in [0.2, 0.25) is 5.91 Å². The Kier molecular flexibility index (Phi) is 2.37. The van der Waals surface area contributed by atoms with Crippen molar-refractivity contribution in [2.75, 3.05) is 6.54 Å². The van der Waals surface area contributed by atoms with Crippen molar-refractivity contribution in [3.8, 4) is 0 Å². The van der Waals surface area contributed by atoms with Gasteiger partial charge in [0.05, 0.1) is 0 Å². The molecule has 0 aromatic rings. The van der Waals surface area contributed by atoms with Crippen molar-refractivity contribution in [1.82, 2.24) is 11.5 Å². The SMILES string of the molecule is O=C1CCCN1.[N]. The quantitative estimate of drug-likeness (QED) is 0.433. The van der Waals surface area contributed by atoms with Gasteiger partial charge in [-0.05, 0) is 6.42 Å². The maximum atomic E-state index is 10.1. The lowest BCUT2D eigenvalue weighted by molar-refractivity contribution is -0.119. The molecule has 7 heavy (non-hydrogen) atoms. The summed E-state index contributed by atoms with van der Waals surface area (Å²) in [6, 6.07) is 0. The van der Waals surface area contributed by atoms with Gasteiger partial charge in [-0.1, -0.05) is 0 Å². The van der Waals surface area contributed by atoms with E-state index in [1.54, 1.807) is 0 Å². The summed E-state index contributed by atoms with van der Waals surface area (Å²) < 4.78 is 0. The second kappa shape index (κ2) is 2.58. The zero-order valence-electron chi connectivity index (χ0n) is 3.98. The number of nitrogens with zero attached hydrogens (tertiary/aromatic N) is 1. The Morgan fingerprint density at radius 3 is 2.43 bits per heavy atom. The fourth-order valence-electron chi connectivity index (χ4n) is 0.565. The summed E-state index contributed by atoms with van der Waals surface area (Å²) in [7, 11) is 0. The van der Waals surface area contributed by atoms with E-state index in [2.05, 4.69) is 5.32 Å².